The van der Waals surface area contributed by atoms with Crippen molar-refractivity contribution in [3.05, 3.63) is 18.7 Å². The number of imidazole rings is 1. The van der Waals surface area contributed by atoms with Gasteiger partial charge in [-0.1, -0.05) is 0 Å². The predicted octanol–water partition coefficient (Wildman–Crippen LogP) is -3.39. The molecule has 0 saturated heterocycles. The second-order valence-electron chi connectivity index (χ2n) is 6.01. The Morgan fingerprint density at radius 2 is 1.06 bits per heavy atom. The maximum Gasteiger partial charge on any atom is 2.00 e. The minimum atomic E-state index is -1.80. The van der Waals surface area contributed by atoms with Gasteiger partial charge in [-0.15, -0.1) is 0 Å². The van der Waals surface area contributed by atoms with E-state index in [9.17, 15) is 53.4 Å². The molecule has 0 amide bonds. The zero-order chi connectivity index (χ0) is 26.7. The van der Waals surface area contributed by atoms with Crippen molar-refractivity contribution in [2.75, 3.05) is 0 Å². The van der Waals surface area contributed by atoms with Gasteiger partial charge in [0.2, 0.25) is 5.78 Å². The van der Waals surface area contributed by atoms with Gasteiger partial charge in [0.1, 0.15) is 29.3 Å². The molecular weight excluding hydrogens is 514 g/mol. The van der Waals surface area contributed by atoms with Crippen LogP contribution in [0.2, 0.25) is 0 Å². The van der Waals surface area contributed by atoms with Gasteiger partial charge < -0.3 is 29.5 Å². The number of hydrogen-bond acceptors (Lipinski definition) is 12. The molecule has 0 atom stereocenters. The molecule has 0 aliphatic carbocycles. The zero-order valence-electron chi connectivity index (χ0n) is 18.9. The molecule has 0 fully saturated rings. The predicted molar refractivity (Wildman–Crippen MR) is 102 cm³/mol. The van der Waals surface area contributed by atoms with E-state index in [1.165, 1.54) is 6.92 Å². The van der Waals surface area contributed by atoms with Gasteiger partial charge in [-0.05, 0) is 20.8 Å². The summed E-state index contributed by atoms with van der Waals surface area (Å²) in [5.41, 5.74) is 0. The number of nitrogens with zero attached hydrogens (tertiary/aromatic N) is 2. The van der Waals surface area contributed by atoms with Gasteiger partial charge in [0.25, 0.3) is 0 Å². The summed E-state index contributed by atoms with van der Waals surface area (Å²) in [4.78, 5) is 93.2. The number of aliphatic carboxylic acids is 3. The Hall–Kier alpha value is -3.74. The zero-order valence-corrected chi connectivity index (χ0v) is 21.9. The second-order valence-corrected chi connectivity index (χ2v) is 6.01. The van der Waals surface area contributed by atoms with E-state index in [1.807, 2.05) is 17.8 Å². The fourth-order valence-electron chi connectivity index (χ4n) is 1.22. The number of carbonyl (C=O) groups is 9. The maximum atomic E-state index is 10.1. The van der Waals surface area contributed by atoms with Crippen LogP contribution in [-0.4, -0.2) is 67.3 Å². The quantitative estimate of drug-likeness (QED) is 0.184. The Balaban J connectivity index is -0.000000176. The van der Waals surface area contributed by atoms with Crippen LogP contribution >= 0.6 is 0 Å². The molecule has 1 aromatic rings. The fraction of sp³-hybridized carbons (Fsp3) is 0.368. The number of aromatic nitrogens is 2. The van der Waals surface area contributed by atoms with E-state index in [0.29, 0.717) is 0 Å². The summed E-state index contributed by atoms with van der Waals surface area (Å²) in [6, 6.07) is 0. The first kappa shape index (κ1) is 37.6. The Morgan fingerprint density at radius 1 is 0.735 bits per heavy atom. The number of carboxylic acid groups (broad SMARTS) is 3. The van der Waals surface area contributed by atoms with Crippen LogP contribution in [0.4, 0.5) is 0 Å². The third-order valence-electron chi connectivity index (χ3n) is 2.56. The van der Waals surface area contributed by atoms with E-state index >= 15 is 0 Å². The number of ketones is 6. The van der Waals surface area contributed by atoms with Crippen molar-refractivity contribution in [2.45, 2.75) is 40.0 Å². The topological polar surface area (TPSA) is 238 Å². The summed E-state index contributed by atoms with van der Waals surface area (Å²) in [5, 5.41) is 27.2. The van der Waals surface area contributed by atoms with Crippen molar-refractivity contribution in [3.8, 4) is 0 Å². The van der Waals surface area contributed by atoms with Crippen molar-refractivity contribution in [2.24, 2.45) is 7.05 Å². The second kappa shape index (κ2) is 21.1. The van der Waals surface area contributed by atoms with Gasteiger partial charge >= 0.3 is 25.4 Å². The third kappa shape index (κ3) is 28.3. The largest absolute Gasteiger partial charge is 2.00 e. The molecule has 182 valence electrons. The number of aryl methyl sites for hydroxylation is 1. The van der Waals surface area contributed by atoms with Crippen LogP contribution in [0, 0.1) is 0 Å². The molecule has 0 bridgehead atoms. The average Bonchev–Trinajstić information content (AvgIpc) is 3.12. The Kier molecular flexibility index (Phi) is 23.3. The normalized spacial score (nSPS) is 8.35. The van der Waals surface area contributed by atoms with Crippen molar-refractivity contribution in [1.29, 1.82) is 0 Å². The maximum absolute atomic E-state index is 10.1. The first-order valence-corrected chi connectivity index (χ1v) is 8.65. The molecule has 0 unspecified atom stereocenters. The number of carbonyl (C=O) groups excluding carboxylic acids is 8. The number of carboxylic acids is 3. The summed E-state index contributed by atoms with van der Waals surface area (Å²) >= 11 is 0. The molecule has 0 aliphatic heterocycles. The van der Waals surface area contributed by atoms with Crippen molar-refractivity contribution in [3.63, 3.8) is 0 Å². The molecule has 0 spiro atoms. The third-order valence-corrected chi connectivity index (χ3v) is 2.56. The van der Waals surface area contributed by atoms with Crippen LogP contribution in [0.5, 0.6) is 0 Å². The van der Waals surface area contributed by atoms with Crippen molar-refractivity contribution in [1.82, 2.24) is 9.55 Å². The summed E-state index contributed by atoms with van der Waals surface area (Å²) < 4.78 is 1.89. The molecule has 1 aromatic heterocycles. The minimum absolute atomic E-state index is 0. The molecule has 1 heterocycles. The van der Waals surface area contributed by atoms with Crippen LogP contribution < -0.4 is 10.2 Å². The van der Waals surface area contributed by atoms with Crippen LogP contribution in [0.25, 0.3) is 0 Å². The summed E-state index contributed by atoms with van der Waals surface area (Å²) in [7, 11) is 1.94. The Labute approximate surface area is 206 Å². The molecule has 0 aromatic carbocycles. The van der Waals surface area contributed by atoms with Gasteiger partial charge in [-0.25, -0.2) is 9.78 Å². The van der Waals surface area contributed by atoms with Crippen LogP contribution in [0.1, 0.15) is 40.0 Å². The van der Waals surface area contributed by atoms with E-state index in [1.54, 1.807) is 12.5 Å². The molecule has 15 heteroatoms. The van der Waals surface area contributed by atoms with Crippen LogP contribution in [-0.2, 0) is 69.7 Å². The van der Waals surface area contributed by atoms with E-state index in [-0.39, 0.29) is 19.5 Å². The van der Waals surface area contributed by atoms with Gasteiger partial charge in [0.05, 0.1) is 25.6 Å². The van der Waals surface area contributed by atoms with Gasteiger partial charge in [-0.3, -0.25) is 28.8 Å². The fourth-order valence-corrected chi connectivity index (χ4v) is 1.22. The molecular formula is C19H22N2O12Zn. The molecule has 1 rings (SSSR count). The van der Waals surface area contributed by atoms with Crippen LogP contribution in [0.3, 0.4) is 0 Å². The van der Waals surface area contributed by atoms with Crippen molar-refractivity contribution < 1.29 is 77.9 Å². The summed E-state index contributed by atoms with van der Waals surface area (Å²) in [6.07, 6.45) is 3.75. The van der Waals surface area contributed by atoms with Gasteiger partial charge in [0, 0.05) is 19.4 Å². The van der Waals surface area contributed by atoms with Crippen molar-refractivity contribution >= 4 is 52.6 Å². The van der Waals surface area contributed by atoms with E-state index in [2.05, 4.69) is 4.98 Å². The molecule has 34 heavy (non-hydrogen) atoms. The van der Waals surface area contributed by atoms with Crippen LogP contribution in [0.15, 0.2) is 18.7 Å². The molecule has 14 nitrogen and oxygen atoms in total. The average molecular weight is 536 g/mol. The monoisotopic (exact) mass is 534 g/mol. The summed E-state index contributed by atoms with van der Waals surface area (Å²) in [5.74, 6) is -9.90. The SMILES string of the molecule is CC(=O)CC(=O)C(=O)O.CC(=O)CC(=O)C(=O)[O-].CC(=O)CC(=O)C(=O)[O-].Cn1ccnc1.[Zn+2]. The number of hydrogen-bond donors (Lipinski definition) is 1. The minimum Gasteiger partial charge on any atom is -0.542 e. The van der Waals surface area contributed by atoms with Gasteiger partial charge in [-0.2, -0.15) is 0 Å². The number of rotatable bonds is 9. The summed E-state index contributed by atoms with van der Waals surface area (Å²) in [6.45, 7) is 3.45. The van der Waals surface area contributed by atoms with E-state index < -0.39 is 71.9 Å². The van der Waals surface area contributed by atoms with E-state index in [0.717, 1.165) is 13.8 Å². The Morgan fingerprint density at radius 3 is 1.15 bits per heavy atom. The standard InChI is InChI=1S/3C5H6O4.C4H6N2.Zn/c3*1-3(6)2-4(7)5(8)9;1-6-3-2-5-4-6;/h3*2H2,1H3,(H,8,9);2-4H,1H3;/q;;;;+2/p-2. The number of Topliss-reactive ketones (excluding diaryl/α,β-unsaturated/α-hetero) is 6. The molecule has 0 aliphatic rings. The smallest absolute Gasteiger partial charge is 0.542 e. The Bertz CT molecular complexity index is 801. The first-order chi connectivity index (χ1) is 15.0. The molecule has 1 N–H and O–H groups in total. The van der Waals surface area contributed by atoms with Gasteiger partial charge in [0.15, 0.2) is 11.6 Å². The molecule has 0 saturated carbocycles. The molecule has 0 radical (unpaired) electrons. The van der Waals surface area contributed by atoms with E-state index in [4.69, 9.17) is 5.11 Å². The first-order valence-electron chi connectivity index (χ1n) is 8.65.